The number of carboxylic acids is 1. The standard InChI is InChI=1S/C14H11ClFNO4/c1-7-10(14(19)20)5-8(21-7)6-17-13(18)9-3-2-4-11(16)12(9)15/h2-5H,6H2,1H3,(H,17,18)(H,19,20). The van der Waals surface area contributed by atoms with Crippen LogP contribution in [0.5, 0.6) is 0 Å². The van der Waals surface area contributed by atoms with Gasteiger partial charge in [-0.05, 0) is 25.1 Å². The number of carbonyl (C=O) groups excluding carboxylic acids is 1. The topological polar surface area (TPSA) is 79.5 Å². The number of rotatable bonds is 4. The van der Waals surface area contributed by atoms with E-state index in [0.29, 0.717) is 0 Å². The van der Waals surface area contributed by atoms with Gasteiger partial charge in [-0.15, -0.1) is 0 Å². The van der Waals surface area contributed by atoms with Crippen molar-refractivity contribution in [1.29, 1.82) is 0 Å². The van der Waals surface area contributed by atoms with E-state index in [1.807, 2.05) is 0 Å². The van der Waals surface area contributed by atoms with Gasteiger partial charge < -0.3 is 14.8 Å². The van der Waals surface area contributed by atoms with Gasteiger partial charge >= 0.3 is 5.97 Å². The quantitative estimate of drug-likeness (QED) is 0.909. The van der Waals surface area contributed by atoms with E-state index in [9.17, 15) is 14.0 Å². The molecule has 7 heteroatoms. The van der Waals surface area contributed by atoms with Crippen LogP contribution in [0, 0.1) is 12.7 Å². The zero-order chi connectivity index (χ0) is 15.6. The number of benzene rings is 1. The molecule has 0 aliphatic carbocycles. The van der Waals surface area contributed by atoms with Gasteiger partial charge in [0.05, 0.1) is 17.1 Å². The van der Waals surface area contributed by atoms with E-state index in [0.717, 1.165) is 6.07 Å². The smallest absolute Gasteiger partial charge is 0.339 e. The number of amides is 1. The van der Waals surface area contributed by atoms with Gasteiger partial charge in [0.1, 0.15) is 22.9 Å². The molecular weight excluding hydrogens is 301 g/mol. The molecule has 0 spiro atoms. The van der Waals surface area contributed by atoms with Crippen LogP contribution in [-0.2, 0) is 6.54 Å². The molecule has 0 unspecified atom stereocenters. The summed E-state index contributed by atoms with van der Waals surface area (Å²) in [7, 11) is 0. The van der Waals surface area contributed by atoms with Crippen LogP contribution in [0.15, 0.2) is 28.7 Å². The summed E-state index contributed by atoms with van der Waals surface area (Å²) < 4.78 is 18.5. The Hall–Kier alpha value is -2.34. The summed E-state index contributed by atoms with van der Waals surface area (Å²) in [6.07, 6.45) is 0. The zero-order valence-corrected chi connectivity index (χ0v) is 11.7. The van der Waals surface area contributed by atoms with Crippen LogP contribution in [0.1, 0.15) is 32.2 Å². The van der Waals surface area contributed by atoms with E-state index in [1.54, 1.807) is 0 Å². The second kappa shape index (κ2) is 5.97. The number of halogens is 2. The molecule has 0 fully saturated rings. The molecule has 1 amide bonds. The van der Waals surface area contributed by atoms with E-state index in [-0.39, 0.29) is 34.2 Å². The fourth-order valence-corrected chi connectivity index (χ4v) is 2.00. The van der Waals surface area contributed by atoms with E-state index in [4.69, 9.17) is 21.1 Å². The Labute approximate surface area is 124 Å². The number of carboxylic acid groups (broad SMARTS) is 1. The van der Waals surface area contributed by atoms with E-state index in [2.05, 4.69) is 5.32 Å². The molecule has 2 rings (SSSR count). The van der Waals surface area contributed by atoms with Gasteiger partial charge in [-0.25, -0.2) is 9.18 Å². The average molecular weight is 312 g/mol. The minimum absolute atomic E-state index is 0.00148. The van der Waals surface area contributed by atoms with Crippen LogP contribution >= 0.6 is 11.6 Å². The number of hydrogen-bond acceptors (Lipinski definition) is 3. The Morgan fingerprint density at radius 1 is 1.38 bits per heavy atom. The van der Waals surface area contributed by atoms with E-state index in [1.165, 1.54) is 25.1 Å². The summed E-state index contributed by atoms with van der Waals surface area (Å²) in [5.41, 5.74) is 0.0291. The summed E-state index contributed by atoms with van der Waals surface area (Å²) in [5, 5.41) is 11.1. The lowest BCUT2D eigenvalue weighted by atomic mass is 10.2. The maximum Gasteiger partial charge on any atom is 0.339 e. The molecule has 1 aromatic heterocycles. The highest BCUT2D eigenvalue weighted by atomic mass is 35.5. The number of aromatic carboxylic acids is 1. The van der Waals surface area contributed by atoms with Gasteiger partial charge in [0, 0.05) is 0 Å². The molecule has 0 saturated heterocycles. The lowest BCUT2D eigenvalue weighted by molar-refractivity contribution is 0.0694. The van der Waals surface area contributed by atoms with Gasteiger partial charge in [-0.1, -0.05) is 17.7 Å². The van der Waals surface area contributed by atoms with Crippen molar-refractivity contribution < 1.29 is 23.5 Å². The highest BCUT2D eigenvalue weighted by Crippen LogP contribution is 2.20. The highest BCUT2D eigenvalue weighted by molar-refractivity contribution is 6.34. The Morgan fingerprint density at radius 2 is 2.10 bits per heavy atom. The molecule has 0 aliphatic heterocycles. The highest BCUT2D eigenvalue weighted by Gasteiger charge is 2.16. The van der Waals surface area contributed by atoms with Gasteiger partial charge in [-0.3, -0.25) is 4.79 Å². The van der Waals surface area contributed by atoms with Crippen LogP contribution in [0.25, 0.3) is 0 Å². The van der Waals surface area contributed by atoms with Crippen molar-refractivity contribution in [2.24, 2.45) is 0 Å². The molecule has 0 bridgehead atoms. The summed E-state index contributed by atoms with van der Waals surface area (Å²) >= 11 is 5.70. The monoisotopic (exact) mass is 311 g/mol. The van der Waals surface area contributed by atoms with Gasteiger partial charge in [0.2, 0.25) is 0 Å². The average Bonchev–Trinajstić information content (AvgIpc) is 2.80. The minimum Gasteiger partial charge on any atom is -0.478 e. The third-order valence-corrected chi connectivity index (χ3v) is 3.20. The van der Waals surface area contributed by atoms with Crippen molar-refractivity contribution in [2.45, 2.75) is 13.5 Å². The summed E-state index contributed by atoms with van der Waals surface area (Å²) in [5.74, 6) is -1.85. The van der Waals surface area contributed by atoms with Crippen molar-refractivity contribution in [3.05, 3.63) is 57.8 Å². The number of nitrogens with one attached hydrogen (secondary N) is 1. The van der Waals surface area contributed by atoms with Gasteiger partial charge in [0.25, 0.3) is 5.91 Å². The first kappa shape index (κ1) is 15.1. The predicted octanol–water partition coefficient (Wildman–Crippen LogP) is 3.01. The molecule has 110 valence electrons. The maximum atomic E-state index is 13.3. The Balaban J connectivity index is 2.09. The second-order valence-corrected chi connectivity index (χ2v) is 4.65. The van der Waals surface area contributed by atoms with Crippen molar-refractivity contribution >= 4 is 23.5 Å². The largest absolute Gasteiger partial charge is 0.478 e. The van der Waals surface area contributed by atoms with E-state index >= 15 is 0 Å². The fourth-order valence-electron chi connectivity index (χ4n) is 1.78. The Kier molecular flexibility index (Phi) is 4.28. The molecule has 2 aromatic rings. The first-order valence-electron chi connectivity index (χ1n) is 5.95. The molecule has 0 saturated carbocycles. The SMILES string of the molecule is Cc1oc(CNC(=O)c2cccc(F)c2Cl)cc1C(=O)O. The van der Waals surface area contributed by atoms with Crippen LogP contribution in [0.2, 0.25) is 5.02 Å². The number of furan rings is 1. The maximum absolute atomic E-state index is 13.3. The Bertz CT molecular complexity index is 711. The molecule has 21 heavy (non-hydrogen) atoms. The number of aryl methyl sites for hydroxylation is 1. The summed E-state index contributed by atoms with van der Waals surface area (Å²) in [6, 6.07) is 5.23. The van der Waals surface area contributed by atoms with Crippen molar-refractivity contribution in [3.63, 3.8) is 0 Å². The molecule has 1 aromatic carbocycles. The first-order valence-corrected chi connectivity index (χ1v) is 6.32. The van der Waals surface area contributed by atoms with Crippen LogP contribution in [0.4, 0.5) is 4.39 Å². The van der Waals surface area contributed by atoms with Gasteiger partial charge in [0.15, 0.2) is 0 Å². The van der Waals surface area contributed by atoms with Crippen LogP contribution in [-0.4, -0.2) is 17.0 Å². The number of carbonyl (C=O) groups is 2. The normalized spacial score (nSPS) is 10.4. The lowest BCUT2D eigenvalue weighted by Crippen LogP contribution is -2.23. The molecule has 5 nitrogen and oxygen atoms in total. The van der Waals surface area contributed by atoms with Gasteiger partial charge in [-0.2, -0.15) is 0 Å². The van der Waals surface area contributed by atoms with Crippen LogP contribution in [0.3, 0.4) is 0 Å². The van der Waals surface area contributed by atoms with E-state index < -0.39 is 17.7 Å². The molecule has 0 aliphatic rings. The zero-order valence-electron chi connectivity index (χ0n) is 10.9. The molecule has 0 atom stereocenters. The van der Waals surface area contributed by atoms with Crippen molar-refractivity contribution in [3.8, 4) is 0 Å². The summed E-state index contributed by atoms with van der Waals surface area (Å²) in [6.45, 7) is 1.48. The molecule has 0 radical (unpaired) electrons. The first-order chi connectivity index (χ1) is 9.90. The lowest BCUT2D eigenvalue weighted by Gasteiger charge is -2.05. The Morgan fingerprint density at radius 3 is 2.71 bits per heavy atom. The molecule has 2 N–H and O–H groups in total. The predicted molar refractivity (Wildman–Crippen MR) is 73.0 cm³/mol. The van der Waals surface area contributed by atoms with Crippen molar-refractivity contribution in [2.75, 3.05) is 0 Å². The van der Waals surface area contributed by atoms with Crippen LogP contribution < -0.4 is 5.32 Å². The van der Waals surface area contributed by atoms with Crippen molar-refractivity contribution in [1.82, 2.24) is 5.32 Å². The minimum atomic E-state index is -1.11. The molecule has 1 heterocycles. The fraction of sp³-hybridized carbons (Fsp3) is 0.143. The second-order valence-electron chi connectivity index (χ2n) is 4.27. The molecular formula is C14H11ClFNO4. The third-order valence-electron chi connectivity index (χ3n) is 2.82. The number of hydrogen-bond donors (Lipinski definition) is 2. The third kappa shape index (κ3) is 3.22. The summed E-state index contributed by atoms with van der Waals surface area (Å²) in [4.78, 5) is 22.8.